The summed E-state index contributed by atoms with van der Waals surface area (Å²) in [4.78, 5) is 1.56. The van der Waals surface area contributed by atoms with E-state index < -0.39 is 0 Å². The Morgan fingerprint density at radius 2 is 2.09 bits per heavy atom. The molecule has 120 valence electrons. The number of tetrazole rings is 1. The van der Waals surface area contributed by atoms with E-state index >= 15 is 0 Å². The average molecular weight is 352 g/mol. The van der Waals surface area contributed by atoms with Crippen molar-refractivity contribution in [2.24, 2.45) is 0 Å². The Morgan fingerprint density at radius 3 is 2.87 bits per heavy atom. The van der Waals surface area contributed by atoms with E-state index in [0.29, 0.717) is 28.3 Å². The molecule has 1 aromatic carbocycles. The molecule has 0 aliphatic heterocycles. The van der Waals surface area contributed by atoms with Gasteiger partial charge in [0.1, 0.15) is 11.5 Å². The van der Waals surface area contributed by atoms with Crippen molar-refractivity contribution < 1.29 is 4.42 Å². The van der Waals surface area contributed by atoms with Crippen molar-refractivity contribution in [3.63, 3.8) is 0 Å². The Morgan fingerprint density at radius 1 is 1.22 bits per heavy atom. The van der Waals surface area contributed by atoms with Gasteiger partial charge < -0.3 is 9.73 Å². The van der Waals surface area contributed by atoms with Crippen LogP contribution in [0.3, 0.4) is 0 Å². The number of aromatic nitrogens is 4. The molecular weight excluding hydrogens is 337 g/mol. The number of aryl methyl sites for hydroxylation is 1. The first-order valence-corrected chi connectivity index (χ1v) is 7.97. The monoisotopic (exact) mass is 351 g/mol. The Labute approximate surface area is 143 Å². The molecular formula is C15H15Cl2N5O. The highest BCUT2D eigenvalue weighted by atomic mass is 35.5. The zero-order valence-electron chi connectivity index (χ0n) is 12.5. The van der Waals surface area contributed by atoms with Gasteiger partial charge in [-0.25, -0.2) is 0 Å². The van der Waals surface area contributed by atoms with Gasteiger partial charge in [-0.2, -0.15) is 4.80 Å². The van der Waals surface area contributed by atoms with E-state index in [1.165, 1.54) is 0 Å². The minimum atomic E-state index is 0.461. The second-order valence-corrected chi connectivity index (χ2v) is 5.80. The number of rotatable bonds is 6. The largest absolute Gasteiger partial charge is 0.459 e. The van der Waals surface area contributed by atoms with Crippen LogP contribution in [0.1, 0.15) is 19.1 Å². The average Bonchev–Trinajstić information content (AvgIpc) is 3.15. The van der Waals surface area contributed by atoms with Gasteiger partial charge in [0.25, 0.3) is 5.95 Å². The molecule has 0 bridgehead atoms. The maximum atomic E-state index is 6.19. The van der Waals surface area contributed by atoms with E-state index in [2.05, 4.69) is 27.7 Å². The number of halogens is 2. The summed E-state index contributed by atoms with van der Waals surface area (Å²) in [5, 5.41) is 16.3. The van der Waals surface area contributed by atoms with Gasteiger partial charge in [0.2, 0.25) is 0 Å². The van der Waals surface area contributed by atoms with Crippen LogP contribution in [0, 0.1) is 0 Å². The summed E-state index contributed by atoms with van der Waals surface area (Å²) in [7, 11) is 0. The normalized spacial score (nSPS) is 10.9. The van der Waals surface area contributed by atoms with Gasteiger partial charge in [0, 0.05) is 10.6 Å². The van der Waals surface area contributed by atoms with E-state index in [1.54, 1.807) is 16.9 Å². The summed E-state index contributed by atoms with van der Waals surface area (Å²) in [5.41, 5.74) is 0.800. The lowest BCUT2D eigenvalue weighted by molar-refractivity contribution is 0.514. The molecule has 2 aromatic heterocycles. The van der Waals surface area contributed by atoms with Gasteiger partial charge in [-0.15, -0.1) is 5.10 Å². The quantitative estimate of drug-likeness (QED) is 0.718. The SMILES string of the molecule is CCCn1nnc(NCc2ccc(-c3ccc(Cl)cc3Cl)o2)n1. The Bertz CT molecular complexity index is 799. The summed E-state index contributed by atoms with van der Waals surface area (Å²) in [6, 6.07) is 9.05. The molecule has 3 rings (SSSR count). The molecule has 0 aliphatic carbocycles. The summed E-state index contributed by atoms with van der Waals surface area (Å²) in [5.74, 6) is 1.91. The third-order valence-electron chi connectivity index (χ3n) is 3.16. The number of hydrogen-bond acceptors (Lipinski definition) is 5. The molecule has 1 N–H and O–H groups in total. The van der Waals surface area contributed by atoms with Crippen molar-refractivity contribution in [3.05, 3.63) is 46.1 Å². The molecule has 0 saturated carbocycles. The van der Waals surface area contributed by atoms with Crippen LogP contribution in [0.2, 0.25) is 10.0 Å². The molecule has 0 saturated heterocycles. The van der Waals surface area contributed by atoms with Crippen LogP contribution in [0.15, 0.2) is 34.7 Å². The fourth-order valence-corrected chi connectivity index (χ4v) is 2.58. The predicted molar refractivity (Wildman–Crippen MR) is 89.6 cm³/mol. The molecule has 8 heteroatoms. The van der Waals surface area contributed by atoms with Crippen molar-refractivity contribution in [2.75, 3.05) is 5.32 Å². The van der Waals surface area contributed by atoms with E-state index in [1.807, 2.05) is 18.2 Å². The molecule has 0 spiro atoms. The van der Waals surface area contributed by atoms with Crippen LogP contribution in [0.4, 0.5) is 5.95 Å². The van der Waals surface area contributed by atoms with Crippen molar-refractivity contribution >= 4 is 29.2 Å². The summed E-state index contributed by atoms with van der Waals surface area (Å²) in [6.45, 7) is 3.26. The first-order chi connectivity index (χ1) is 11.2. The molecule has 0 unspecified atom stereocenters. The summed E-state index contributed by atoms with van der Waals surface area (Å²) >= 11 is 12.1. The summed E-state index contributed by atoms with van der Waals surface area (Å²) in [6.07, 6.45) is 0.958. The van der Waals surface area contributed by atoms with Crippen molar-refractivity contribution in [2.45, 2.75) is 26.4 Å². The predicted octanol–water partition coefficient (Wildman–Crippen LogP) is 4.26. The minimum Gasteiger partial charge on any atom is -0.459 e. The minimum absolute atomic E-state index is 0.461. The fourth-order valence-electron chi connectivity index (χ4n) is 2.08. The van der Waals surface area contributed by atoms with Crippen molar-refractivity contribution in [1.29, 1.82) is 0 Å². The lowest BCUT2D eigenvalue weighted by atomic mass is 10.2. The van der Waals surface area contributed by atoms with Crippen molar-refractivity contribution in [3.8, 4) is 11.3 Å². The lowest BCUT2D eigenvalue weighted by Gasteiger charge is -2.02. The lowest BCUT2D eigenvalue weighted by Crippen LogP contribution is -2.03. The van der Waals surface area contributed by atoms with E-state index in [9.17, 15) is 0 Å². The third kappa shape index (κ3) is 3.83. The number of anilines is 1. The van der Waals surface area contributed by atoms with Crippen LogP contribution in [-0.2, 0) is 13.1 Å². The highest BCUT2D eigenvalue weighted by Crippen LogP contribution is 2.31. The first kappa shape index (κ1) is 15.8. The number of hydrogen-bond donors (Lipinski definition) is 1. The number of furan rings is 1. The molecule has 0 atom stereocenters. The molecule has 3 aromatic rings. The van der Waals surface area contributed by atoms with Gasteiger partial charge in [0.05, 0.1) is 18.1 Å². The van der Waals surface area contributed by atoms with Crippen LogP contribution in [0.25, 0.3) is 11.3 Å². The summed E-state index contributed by atoms with van der Waals surface area (Å²) < 4.78 is 5.79. The van der Waals surface area contributed by atoms with E-state index in [-0.39, 0.29) is 0 Å². The maximum absolute atomic E-state index is 6.19. The zero-order valence-corrected chi connectivity index (χ0v) is 14.0. The highest BCUT2D eigenvalue weighted by molar-refractivity contribution is 6.36. The molecule has 6 nitrogen and oxygen atoms in total. The Hall–Kier alpha value is -2.05. The third-order valence-corrected chi connectivity index (χ3v) is 3.70. The van der Waals surface area contributed by atoms with Crippen molar-refractivity contribution in [1.82, 2.24) is 20.2 Å². The van der Waals surface area contributed by atoms with E-state index in [0.717, 1.165) is 24.3 Å². The topological polar surface area (TPSA) is 68.8 Å². The number of nitrogens with one attached hydrogen (secondary N) is 1. The van der Waals surface area contributed by atoms with Crippen LogP contribution < -0.4 is 5.32 Å². The van der Waals surface area contributed by atoms with Gasteiger partial charge >= 0.3 is 0 Å². The number of nitrogens with zero attached hydrogens (tertiary/aromatic N) is 4. The van der Waals surface area contributed by atoms with Gasteiger partial charge in [-0.3, -0.25) is 0 Å². The van der Waals surface area contributed by atoms with Gasteiger partial charge in [0.15, 0.2) is 0 Å². The number of benzene rings is 1. The van der Waals surface area contributed by atoms with Gasteiger partial charge in [-0.05, 0) is 42.0 Å². The highest BCUT2D eigenvalue weighted by Gasteiger charge is 2.10. The molecule has 0 aliphatic rings. The van der Waals surface area contributed by atoms with Crippen LogP contribution >= 0.6 is 23.2 Å². The van der Waals surface area contributed by atoms with Crippen LogP contribution in [-0.4, -0.2) is 20.2 Å². The van der Waals surface area contributed by atoms with Gasteiger partial charge in [-0.1, -0.05) is 35.2 Å². The second-order valence-electron chi connectivity index (χ2n) is 4.95. The van der Waals surface area contributed by atoms with Crippen LogP contribution in [0.5, 0.6) is 0 Å². The molecule has 0 fully saturated rings. The molecule has 0 amide bonds. The van der Waals surface area contributed by atoms with E-state index in [4.69, 9.17) is 27.6 Å². The second kappa shape index (κ2) is 7.02. The maximum Gasteiger partial charge on any atom is 0.263 e. The fraction of sp³-hybridized carbons (Fsp3) is 0.267. The first-order valence-electron chi connectivity index (χ1n) is 7.21. The molecule has 23 heavy (non-hydrogen) atoms. The molecule has 2 heterocycles. The standard InChI is InChI=1S/C15H15Cl2N5O/c1-2-7-22-20-15(19-21-22)18-9-11-4-6-14(23-11)12-5-3-10(16)8-13(12)17/h3-6,8H,2,7,9H2,1H3,(H,18,20). The zero-order chi connectivity index (χ0) is 16.2. The Kier molecular flexibility index (Phi) is 4.83. The smallest absolute Gasteiger partial charge is 0.263 e. The Balaban J connectivity index is 1.67. The molecule has 0 radical (unpaired) electrons.